The minimum Gasteiger partial charge on any atom is -0.497 e. The number of aromatic amines is 1. The minimum absolute atomic E-state index is 0.0452. The number of methoxy groups -OCH3 is 1. The van der Waals surface area contributed by atoms with E-state index in [0.29, 0.717) is 5.56 Å². The highest BCUT2D eigenvalue weighted by Gasteiger charge is 2.42. The fourth-order valence-electron chi connectivity index (χ4n) is 5.08. The molecule has 4 atom stereocenters. The largest absolute Gasteiger partial charge is 0.497 e. The molecule has 8 heteroatoms. The van der Waals surface area contributed by atoms with Gasteiger partial charge in [0.25, 0.3) is 5.56 Å². The summed E-state index contributed by atoms with van der Waals surface area (Å²) in [5.41, 5.74) is 2.17. The SMILES string of the molecule is COc1ccc(C(OC[C@H]2O[C@@H](n3cc(C)c(=O)[nH]c3=O)C[C@@H]2O)(c2ccccc2)c2ccc(C)cc2)cc1. The first kappa shape index (κ1) is 26.6. The second-order valence-electron chi connectivity index (χ2n) is 9.86. The Hall–Kier alpha value is -3.98. The Morgan fingerprint density at radius 1 is 0.949 bits per heavy atom. The van der Waals surface area contributed by atoms with Crippen molar-refractivity contribution < 1.29 is 19.3 Å². The van der Waals surface area contributed by atoms with Gasteiger partial charge in [0.15, 0.2) is 0 Å². The normalized spacial score (nSPS) is 20.5. The van der Waals surface area contributed by atoms with E-state index >= 15 is 0 Å². The van der Waals surface area contributed by atoms with Crippen molar-refractivity contribution in [3.63, 3.8) is 0 Å². The molecule has 0 amide bonds. The van der Waals surface area contributed by atoms with E-state index in [9.17, 15) is 14.7 Å². The summed E-state index contributed by atoms with van der Waals surface area (Å²) in [6.45, 7) is 3.69. The van der Waals surface area contributed by atoms with Gasteiger partial charge in [-0.15, -0.1) is 0 Å². The molecule has 0 radical (unpaired) electrons. The lowest BCUT2D eigenvalue weighted by Crippen LogP contribution is -2.38. The second kappa shape index (κ2) is 11.0. The molecule has 2 N–H and O–H groups in total. The third kappa shape index (κ3) is 5.18. The zero-order valence-corrected chi connectivity index (χ0v) is 22.2. The number of nitrogens with zero attached hydrogens (tertiary/aromatic N) is 1. The molecule has 5 rings (SSSR count). The first-order chi connectivity index (χ1) is 18.8. The van der Waals surface area contributed by atoms with Crippen LogP contribution in [0.5, 0.6) is 5.75 Å². The number of benzene rings is 3. The van der Waals surface area contributed by atoms with E-state index in [1.807, 2.05) is 85.8 Å². The lowest BCUT2D eigenvalue weighted by molar-refractivity contribution is -0.0944. The van der Waals surface area contributed by atoms with E-state index in [0.717, 1.165) is 28.0 Å². The highest BCUT2D eigenvalue weighted by molar-refractivity contribution is 5.49. The molecule has 0 bridgehead atoms. The van der Waals surface area contributed by atoms with Crippen molar-refractivity contribution in [1.82, 2.24) is 9.55 Å². The molecule has 2 heterocycles. The fourth-order valence-corrected chi connectivity index (χ4v) is 5.08. The van der Waals surface area contributed by atoms with Gasteiger partial charge in [0, 0.05) is 18.2 Å². The summed E-state index contributed by atoms with van der Waals surface area (Å²) in [4.78, 5) is 26.6. The Labute approximate surface area is 226 Å². The number of nitrogens with one attached hydrogen (secondary N) is 1. The van der Waals surface area contributed by atoms with Crippen molar-refractivity contribution in [2.45, 2.75) is 44.3 Å². The van der Waals surface area contributed by atoms with Gasteiger partial charge in [-0.2, -0.15) is 0 Å². The highest BCUT2D eigenvalue weighted by Crippen LogP contribution is 2.42. The third-order valence-corrected chi connectivity index (χ3v) is 7.26. The quantitative estimate of drug-likeness (QED) is 0.337. The number of ether oxygens (including phenoxy) is 3. The molecule has 8 nitrogen and oxygen atoms in total. The standard InChI is InChI=1S/C31H32N2O6/c1-20-9-11-23(12-10-20)31(22-7-5-4-6-8-22,24-13-15-25(37-3)16-14-24)38-19-27-26(34)17-28(39-27)33-18-21(2)29(35)32-30(33)36/h4-16,18,26-28,34H,17,19H2,1-3H3,(H,32,35,36)/t26-,27+,28+,31?/m0/s1. The maximum absolute atomic E-state index is 12.4. The van der Waals surface area contributed by atoms with Crippen LogP contribution in [0.3, 0.4) is 0 Å². The number of aryl methyl sites for hydroxylation is 2. The Kier molecular flexibility index (Phi) is 7.52. The van der Waals surface area contributed by atoms with Crippen molar-refractivity contribution in [2.24, 2.45) is 0 Å². The molecule has 202 valence electrons. The van der Waals surface area contributed by atoms with Crippen LogP contribution in [-0.2, 0) is 15.1 Å². The topological polar surface area (TPSA) is 103 Å². The summed E-state index contributed by atoms with van der Waals surface area (Å²) in [7, 11) is 1.63. The third-order valence-electron chi connectivity index (χ3n) is 7.26. The van der Waals surface area contributed by atoms with Crippen LogP contribution in [-0.4, -0.2) is 40.6 Å². The average molecular weight is 529 g/mol. The van der Waals surface area contributed by atoms with Crippen molar-refractivity contribution in [1.29, 1.82) is 0 Å². The Balaban J connectivity index is 1.53. The van der Waals surface area contributed by atoms with Gasteiger partial charge < -0.3 is 19.3 Å². The van der Waals surface area contributed by atoms with Crippen LogP contribution in [0.4, 0.5) is 0 Å². The Bertz CT molecular complexity index is 1530. The number of aromatic nitrogens is 2. The van der Waals surface area contributed by atoms with Crippen molar-refractivity contribution in [3.8, 4) is 5.75 Å². The molecule has 1 aromatic heterocycles. The molecule has 1 aliphatic rings. The zero-order valence-electron chi connectivity index (χ0n) is 22.2. The summed E-state index contributed by atoms with van der Waals surface area (Å²) >= 11 is 0. The van der Waals surface area contributed by atoms with Gasteiger partial charge >= 0.3 is 5.69 Å². The summed E-state index contributed by atoms with van der Waals surface area (Å²) in [5.74, 6) is 0.726. The first-order valence-corrected chi connectivity index (χ1v) is 12.9. The molecule has 3 aromatic carbocycles. The lowest BCUT2D eigenvalue weighted by atomic mass is 9.79. The van der Waals surface area contributed by atoms with Crippen molar-refractivity contribution in [3.05, 3.63) is 134 Å². The Morgan fingerprint density at radius 3 is 2.21 bits per heavy atom. The van der Waals surface area contributed by atoms with E-state index in [1.54, 1.807) is 14.0 Å². The number of aliphatic hydroxyl groups is 1. The number of hydrogen-bond acceptors (Lipinski definition) is 6. The smallest absolute Gasteiger partial charge is 0.330 e. The maximum atomic E-state index is 12.4. The lowest BCUT2D eigenvalue weighted by Gasteiger charge is -2.37. The average Bonchev–Trinajstić information content (AvgIpc) is 3.32. The van der Waals surface area contributed by atoms with E-state index in [4.69, 9.17) is 14.2 Å². The van der Waals surface area contributed by atoms with Gasteiger partial charge in [-0.25, -0.2) is 4.79 Å². The second-order valence-corrected chi connectivity index (χ2v) is 9.86. The van der Waals surface area contributed by atoms with Crippen LogP contribution in [0, 0.1) is 13.8 Å². The van der Waals surface area contributed by atoms with Gasteiger partial charge in [-0.05, 0) is 42.7 Å². The summed E-state index contributed by atoms with van der Waals surface area (Å²) in [6.07, 6.45) is -0.676. The number of hydrogen-bond donors (Lipinski definition) is 2. The molecule has 39 heavy (non-hydrogen) atoms. The van der Waals surface area contributed by atoms with Crippen LogP contribution in [0.2, 0.25) is 0 Å². The molecule has 0 saturated carbocycles. The van der Waals surface area contributed by atoms with Crippen LogP contribution in [0.25, 0.3) is 0 Å². The van der Waals surface area contributed by atoms with Crippen LogP contribution >= 0.6 is 0 Å². The summed E-state index contributed by atoms with van der Waals surface area (Å²) in [6, 6.07) is 25.8. The predicted molar refractivity (Wildman–Crippen MR) is 147 cm³/mol. The van der Waals surface area contributed by atoms with E-state index in [2.05, 4.69) is 4.98 Å². The number of aliphatic hydroxyl groups excluding tert-OH is 1. The summed E-state index contributed by atoms with van der Waals surface area (Å²) in [5, 5.41) is 10.9. The van der Waals surface area contributed by atoms with Gasteiger partial charge in [0.1, 0.15) is 23.7 Å². The van der Waals surface area contributed by atoms with Crippen LogP contribution < -0.4 is 16.0 Å². The van der Waals surface area contributed by atoms with Gasteiger partial charge in [-0.3, -0.25) is 14.3 Å². The van der Waals surface area contributed by atoms with Gasteiger partial charge in [0.05, 0.1) is 19.8 Å². The Morgan fingerprint density at radius 2 is 1.56 bits per heavy atom. The van der Waals surface area contributed by atoms with Gasteiger partial charge in [0.2, 0.25) is 0 Å². The van der Waals surface area contributed by atoms with Crippen LogP contribution in [0.1, 0.15) is 40.5 Å². The molecule has 1 fully saturated rings. The first-order valence-electron chi connectivity index (χ1n) is 12.9. The van der Waals surface area contributed by atoms with Gasteiger partial charge in [-0.1, -0.05) is 72.3 Å². The summed E-state index contributed by atoms with van der Waals surface area (Å²) < 4.78 is 19.7. The molecule has 1 saturated heterocycles. The molecule has 1 unspecified atom stereocenters. The van der Waals surface area contributed by atoms with Crippen molar-refractivity contribution >= 4 is 0 Å². The molecule has 1 aliphatic heterocycles. The molecule has 0 spiro atoms. The monoisotopic (exact) mass is 528 g/mol. The predicted octanol–water partition coefficient (Wildman–Crippen LogP) is 3.82. The highest BCUT2D eigenvalue weighted by atomic mass is 16.6. The van der Waals surface area contributed by atoms with E-state index in [1.165, 1.54) is 10.8 Å². The van der Waals surface area contributed by atoms with E-state index < -0.39 is 35.3 Å². The maximum Gasteiger partial charge on any atom is 0.330 e. The fraction of sp³-hybridized carbons (Fsp3) is 0.290. The molecular formula is C31H32N2O6. The number of H-pyrrole nitrogens is 1. The van der Waals surface area contributed by atoms with Crippen LogP contribution in [0.15, 0.2) is 94.6 Å². The van der Waals surface area contributed by atoms with E-state index in [-0.39, 0.29) is 13.0 Å². The number of rotatable bonds is 8. The minimum atomic E-state index is -1.02. The molecular weight excluding hydrogens is 496 g/mol. The molecule has 0 aliphatic carbocycles. The molecule has 4 aromatic rings. The van der Waals surface area contributed by atoms with Crippen molar-refractivity contribution in [2.75, 3.05) is 13.7 Å². The zero-order chi connectivity index (χ0) is 27.6.